The molecule has 0 aliphatic heterocycles. The summed E-state index contributed by atoms with van der Waals surface area (Å²) >= 11 is 7.29. The number of pyridine rings is 1. The molecule has 0 radical (unpaired) electrons. The van der Waals surface area contributed by atoms with E-state index >= 15 is 0 Å². The standard InChI is InChI=1S/C13H15ClN4OS/c1-9(2)18-11(5-7-16-18)17-12(19)8-20-13-10(14)4-3-6-15-13/h3-7,9H,8H2,1-2H3,(H,17,19). The Hall–Kier alpha value is -1.53. The molecule has 7 heteroatoms. The number of carbonyl (C=O) groups is 1. The van der Waals surface area contributed by atoms with Crippen LogP contribution in [0.1, 0.15) is 19.9 Å². The van der Waals surface area contributed by atoms with Crippen LogP contribution < -0.4 is 5.32 Å². The van der Waals surface area contributed by atoms with E-state index in [1.54, 1.807) is 35.3 Å². The largest absolute Gasteiger partial charge is 0.310 e. The van der Waals surface area contributed by atoms with Crippen LogP contribution >= 0.6 is 23.4 Å². The molecule has 0 aliphatic carbocycles. The molecule has 0 atom stereocenters. The first-order valence-corrected chi connectivity index (χ1v) is 7.51. The third-order valence-corrected chi connectivity index (χ3v) is 3.91. The van der Waals surface area contributed by atoms with Crippen molar-refractivity contribution in [2.45, 2.75) is 24.9 Å². The molecule has 0 saturated carbocycles. The van der Waals surface area contributed by atoms with Gasteiger partial charge < -0.3 is 5.32 Å². The van der Waals surface area contributed by atoms with Gasteiger partial charge in [0, 0.05) is 18.3 Å². The van der Waals surface area contributed by atoms with Gasteiger partial charge in [0.2, 0.25) is 5.91 Å². The summed E-state index contributed by atoms with van der Waals surface area (Å²) in [6.07, 6.45) is 3.32. The molecule has 2 aromatic rings. The summed E-state index contributed by atoms with van der Waals surface area (Å²) in [6.45, 7) is 4.01. The zero-order chi connectivity index (χ0) is 14.5. The Morgan fingerprint density at radius 1 is 1.45 bits per heavy atom. The maximum Gasteiger partial charge on any atom is 0.235 e. The molecule has 0 bridgehead atoms. The van der Waals surface area contributed by atoms with E-state index in [1.165, 1.54) is 11.8 Å². The van der Waals surface area contributed by atoms with Crippen molar-refractivity contribution in [3.8, 4) is 0 Å². The van der Waals surface area contributed by atoms with Crippen LogP contribution in [0.2, 0.25) is 5.02 Å². The van der Waals surface area contributed by atoms with Crippen molar-refractivity contribution in [2.24, 2.45) is 0 Å². The maximum atomic E-state index is 11.9. The lowest BCUT2D eigenvalue weighted by molar-refractivity contribution is -0.113. The second-order valence-electron chi connectivity index (χ2n) is 4.38. The molecule has 0 aliphatic rings. The Balaban J connectivity index is 1.93. The van der Waals surface area contributed by atoms with Crippen LogP contribution in [0.25, 0.3) is 0 Å². The summed E-state index contributed by atoms with van der Waals surface area (Å²) in [7, 11) is 0. The van der Waals surface area contributed by atoms with Crippen molar-refractivity contribution in [1.29, 1.82) is 0 Å². The summed E-state index contributed by atoms with van der Waals surface area (Å²) < 4.78 is 1.76. The van der Waals surface area contributed by atoms with Gasteiger partial charge in [0.05, 0.1) is 17.0 Å². The van der Waals surface area contributed by atoms with Gasteiger partial charge in [-0.15, -0.1) is 0 Å². The van der Waals surface area contributed by atoms with E-state index in [-0.39, 0.29) is 17.7 Å². The van der Waals surface area contributed by atoms with Crippen LogP contribution in [0.15, 0.2) is 35.6 Å². The number of nitrogens with zero attached hydrogens (tertiary/aromatic N) is 3. The Bertz CT molecular complexity index is 600. The molecule has 0 aromatic carbocycles. The van der Waals surface area contributed by atoms with Crippen LogP contribution in [0.3, 0.4) is 0 Å². The van der Waals surface area contributed by atoms with E-state index in [0.29, 0.717) is 15.9 Å². The quantitative estimate of drug-likeness (QED) is 0.861. The fraction of sp³-hybridized carbons (Fsp3) is 0.308. The van der Waals surface area contributed by atoms with E-state index in [9.17, 15) is 4.79 Å². The van der Waals surface area contributed by atoms with Gasteiger partial charge in [-0.2, -0.15) is 5.10 Å². The molecule has 2 rings (SSSR count). The first-order valence-electron chi connectivity index (χ1n) is 6.14. The van der Waals surface area contributed by atoms with Crippen molar-refractivity contribution < 1.29 is 4.79 Å². The van der Waals surface area contributed by atoms with Crippen molar-refractivity contribution >= 4 is 35.1 Å². The van der Waals surface area contributed by atoms with E-state index in [1.807, 2.05) is 13.8 Å². The summed E-state index contributed by atoms with van der Waals surface area (Å²) in [5.41, 5.74) is 0. The molecule has 2 aromatic heterocycles. The number of amides is 1. The molecule has 0 unspecified atom stereocenters. The first kappa shape index (κ1) is 14.9. The zero-order valence-electron chi connectivity index (χ0n) is 11.2. The highest BCUT2D eigenvalue weighted by Gasteiger charge is 2.11. The monoisotopic (exact) mass is 310 g/mol. The Morgan fingerprint density at radius 2 is 2.25 bits per heavy atom. The lowest BCUT2D eigenvalue weighted by Crippen LogP contribution is -2.18. The van der Waals surface area contributed by atoms with Gasteiger partial charge in [0.15, 0.2) is 0 Å². The van der Waals surface area contributed by atoms with Crippen LogP contribution in [0.4, 0.5) is 5.82 Å². The van der Waals surface area contributed by atoms with Crippen molar-refractivity contribution in [2.75, 3.05) is 11.1 Å². The SMILES string of the molecule is CC(C)n1nccc1NC(=O)CSc1ncccc1Cl. The fourth-order valence-corrected chi connectivity index (χ4v) is 2.58. The first-order chi connectivity index (χ1) is 9.58. The lowest BCUT2D eigenvalue weighted by atomic mass is 10.4. The summed E-state index contributed by atoms with van der Waals surface area (Å²) in [5.74, 6) is 0.830. The molecule has 1 amide bonds. The molecular weight excluding hydrogens is 296 g/mol. The number of hydrogen-bond donors (Lipinski definition) is 1. The highest BCUT2D eigenvalue weighted by Crippen LogP contribution is 2.24. The third kappa shape index (κ3) is 3.74. The van der Waals surface area contributed by atoms with Gasteiger partial charge in [-0.1, -0.05) is 23.4 Å². The number of nitrogens with one attached hydrogen (secondary N) is 1. The summed E-state index contributed by atoms with van der Waals surface area (Å²) in [4.78, 5) is 16.1. The number of carbonyl (C=O) groups excluding carboxylic acids is 1. The minimum absolute atomic E-state index is 0.112. The molecular formula is C13H15ClN4OS. The second kappa shape index (κ2) is 6.76. The molecule has 2 heterocycles. The third-order valence-electron chi connectivity index (χ3n) is 2.49. The van der Waals surface area contributed by atoms with Gasteiger partial charge in [0.25, 0.3) is 0 Å². The van der Waals surface area contributed by atoms with Crippen molar-refractivity contribution in [3.63, 3.8) is 0 Å². The number of rotatable bonds is 5. The molecule has 1 N–H and O–H groups in total. The van der Waals surface area contributed by atoms with Crippen molar-refractivity contribution in [1.82, 2.24) is 14.8 Å². The number of hydrogen-bond acceptors (Lipinski definition) is 4. The van der Waals surface area contributed by atoms with E-state index in [2.05, 4.69) is 15.4 Å². The van der Waals surface area contributed by atoms with Gasteiger partial charge in [-0.3, -0.25) is 4.79 Å². The number of anilines is 1. The normalized spacial score (nSPS) is 10.8. The summed E-state index contributed by atoms with van der Waals surface area (Å²) in [5, 5.41) is 8.20. The minimum Gasteiger partial charge on any atom is -0.310 e. The summed E-state index contributed by atoms with van der Waals surface area (Å²) in [6, 6.07) is 5.48. The Kier molecular flexibility index (Phi) is 5.03. The predicted molar refractivity (Wildman–Crippen MR) is 81.2 cm³/mol. The van der Waals surface area contributed by atoms with Crippen LogP contribution in [0, 0.1) is 0 Å². The van der Waals surface area contributed by atoms with Gasteiger partial charge in [-0.05, 0) is 26.0 Å². The topological polar surface area (TPSA) is 59.8 Å². The van der Waals surface area contributed by atoms with Crippen LogP contribution in [-0.2, 0) is 4.79 Å². The fourth-order valence-electron chi connectivity index (χ4n) is 1.62. The number of halogens is 1. The van der Waals surface area contributed by atoms with E-state index < -0.39 is 0 Å². The molecule has 20 heavy (non-hydrogen) atoms. The average molecular weight is 311 g/mol. The number of aromatic nitrogens is 3. The second-order valence-corrected chi connectivity index (χ2v) is 5.75. The van der Waals surface area contributed by atoms with E-state index in [0.717, 1.165) is 0 Å². The molecule has 5 nitrogen and oxygen atoms in total. The molecule has 0 saturated heterocycles. The number of thioether (sulfide) groups is 1. The Morgan fingerprint density at radius 3 is 2.95 bits per heavy atom. The van der Waals surface area contributed by atoms with Gasteiger partial charge >= 0.3 is 0 Å². The minimum atomic E-state index is -0.112. The van der Waals surface area contributed by atoms with E-state index in [4.69, 9.17) is 11.6 Å². The van der Waals surface area contributed by atoms with Gasteiger partial charge in [-0.25, -0.2) is 9.67 Å². The predicted octanol–water partition coefficient (Wildman–Crippen LogP) is 3.24. The Labute approximate surface area is 126 Å². The molecule has 0 spiro atoms. The van der Waals surface area contributed by atoms with Gasteiger partial charge in [0.1, 0.15) is 10.8 Å². The lowest BCUT2D eigenvalue weighted by Gasteiger charge is -2.11. The highest BCUT2D eigenvalue weighted by atomic mass is 35.5. The molecule has 0 fully saturated rings. The highest BCUT2D eigenvalue weighted by molar-refractivity contribution is 8.00. The average Bonchev–Trinajstić information content (AvgIpc) is 2.86. The van der Waals surface area contributed by atoms with Crippen LogP contribution in [0.5, 0.6) is 0 Å². The molecule has 106 valence electrons. The van der Waals surface area contributed by atoms with Crippen molar-refractivity contribution in [3.05, 3.63) is 35.6 Å². The zero-order valence-corrected chi connectivity index (χ0v) is 12.8. The smallest absolute Gasteiger partial charge is 0.235 e. The maximum absolute atomic E-state index is 11.9. The van der Waals surface area contributed by atoms with Crippen LogP contribution in [-0.4, -0.2) is 26.4 Å².